The van der Waals surface area contributed by atoms with Crippen molar-refractivity contribution in [3.8, 4) is 5.75 Å². The van der Waals surface area contributed by atoms with Crippen LogP contribution in [0.1, 0.15) is 62.1 Å². The fourth-order valence-electron chi connectivity index (χ4n) is 9.82. The quantitative estimate of drug-likeness (QED) is 0.0236. The van der Waals surface area contributed by atoms with E-state index in [9.17, 15) is 39.0 Å². The molecule has 7 aromatic rings. The third-order valence-electron chi connectivity index (χ3n) is 13.9. The molecule has 0 bridgehead atoms. The van der Waals surface area contributed by atoms with E-state index in [1.807, 2.05) is 42.3 Å². The minimum Gasteiger partial charge on any atom is -0.508 e. The molecule has 5 heterocycles. The zero-order valence-electron chi connectivity index (χ0n) is 46.0. The van der Waals surface area contributed by atoms with Gasteiger partial charge in [-0.15, -0.1) is 0 Å². The van der Waals surface area contributed by atoms with Gasteiger partial charge in [-0.05, 0) is 84.3 Å². The molecule has 9 rings (SSSR count). The SMILES string of the molecule is CN(Cc1cnc2nc(N)nc(N)c2n1)c1ccc(C(=O)N[C@@H](CCC(=O)NCCOCCOCCOCCOCCOCCNC(=O)c2ccc(N3C(=O)[C@@H]4Cc5c([nH]c6ccccc56)[C@@H](c5cccc(O)c5)N4C3=O)cc2)C(=O)O)cc1. The molecule has 0 unspecified atom stereocenters. The predicted octanol–water partition coefficient (Wildman–Crippen LogP) is 3.48. The summed E-state index contributed by atoms with van der Waals surface area (Å²) in [6, 6.07) is 24.2. The molecule has 1 fully saturated rings. The molecule has 2 aliphatic rings. The Bertz CT molecular complexity index is 3480. The number of anilines is 4. The Hall–Kier alpha value is -9.34. The molecule has 10 N–H and O–H groups in total. The largest absolute Gasteiger partial charge is 0.508 e. The summed E-state index contributed by atoms with van der Waals surface area (Å²) in [6.45, 7) is 3.85. The Kier molecular flexibility index (Phi) is 19.8. The van der Waals surface area contributed by atoms with Crippen LogP contribution in [-0.2, 0) is 51.0 Å². The number of carboxylic acid groups (broad SMARTS) is 1. The standard InChI is InChI=1S/C58H65N13O13/c1-69(34-38-33-63-52-49(64-38)51(59)67-57(60)68-52)39-13-9-36(10-14-39)54(75)66-45(56(77)78)17-18-47(73)61-19-21-80-23-25-82-27-29-84-30-28-83-26-24-81-22-20-62-53(74)35-11-15-40(16-12-35)70-55(76)46-32-43-42-7-2-3-8-44(42)65-48(43)50(71(46)58(70)79)37-5-4-6-41(72)31-37/h2-16,31,33,45-46,50,65,72H,17-30,32,34H2,1H3,(H,61,73)(H,62,74)(H,66,75)(H,77,78)(H4,59,60,63,67,68)/t45-,46-,50+/m0/s1. The number of benzene rings is 4. The summed E-state index contributed by atoms with van der Waals surface area (Å²) in [5.74, 6) is -2.81. The second-order valence-electron chi connectivity index (χ2n) is 19.7. The van der Waals surface area contributed by atoms with Crippen LogP contribution < -0.4 is 37.2 Å². The summed E-state index contributed by atoms with van der Waals surface area (Å²) in [7, 11) is 1.82. The average Bonchev–Trinajstić information content (AvgIpc) is 3.82. The van der Waals surface area contributed by atoms with E-state index in [1.54, 1.807) is 77.8 Å². The first-order chi connectivity index (χ1) is 40.7. The monoisotopic (exact) mass is 1150 g/mol. The molecule has 84 heavy (non-hydrogen) atoms. The molecule has 0 aliphatic carbocycles. The number of aromatic amines is 1. The van der Waals surface area contributed by atoms with Gasteiger partial charge in [0.2, 0.25) is 11.9 Å². The fraction of sp³-hybridized carbons (Fsp3) is 0.345. The molecule has 0 radical (unpaired) electrons. The minimum absolute atomic E-state index is 0.000405. The lowest BCUT2D eigenvalue weighted by Crippen LogP contribution is -2.44. The number of phenols is 1. The summed E-state index contributed by atoms with van der Waals surface area (Å²) in [6.07, 6.45) is 1.62. The summed E-state index contributed by atoms with van der Waals surface area (Å²) >= 11 is 0. The molecular formula is C58H65N13O13. The number of carbonyl (C=O) groups is 6. The number of aromatic nitrogens is 5. The van der Waals surface area contributed by atoms with Gasteiger partial charge in [0.1, 0.15) is 23.9 Å². The Morgan fingerprint density at radius 1 is 0.762 bits per heavy atom. The number of carboxylic acids is 1. The Balaban J connectivity index is 0.565. The van der Waals surface area contributed by atoms with Crippen molar-refractivity contribution in [1.82, 2.24) is 45.8 Å². The maximum atomic E-state index is 14.2. The predicted molar refractivity (Wildman–Crippen MR) is 307 cm³/mol. The number of urea groups is 1. The van der Waals surface area contributed by atoms with Gasteiger partial charge in [-0.2, -0.15) is 9.97 Å². The van der Waals surface area contributed by atoms with Gasteiger partial charge < -0.3 is 71.2 Å². The third kappa shape index (κ3) is 14.6. The topological polar surface area (TPSA) is 354 Å². The van der Waals surface area contributed by atoms with E-state index in [-0.39, 0.29) is 92.2 Å². The molecular weight excluding hydrogens is 1090 g/mol. The van der Waals surface area contributed by atoms with Crippen molar-refractivity contribution in [3.63, 3.8) is 0 Å². The molecule has 4 aromatic carbocycles. The average molecular weight is 1150 g/mol. The number of imide groups is 1. The molecule has 3 aromatic heterocycles. The van der Waals surface area contributed by atoms with Crippen molar-refractivity contribution in [1.29, 1.82) is 0 Å². The third-order valence-corrected chi connectivity index (χ3v) is 13.9. The van der Waals surface area contributed by atoms with Gasteiger partial charge in [-0.25, -0.2) is 24.5 Å². The minimum atomic E-state index is -1.29. The Labute approximate surface area is 481 Å². The number of nitrogens with zero attached hydrogens (tertiary/aromatic N) is 7. The van der Waals surface area contributed by atoms with Crippen LogP contribution in [0.15, 0.2) is 103 Å². The van der Waals surface area contributed by atoms with Crippen molar-refractivity contribution in [3.05, 3.63) is 137 Å². The maximum Gasteiger partial charge on any atom is 0.332 e. The summed E-state index contributed by atoms with van der Waals surface area (Å²) in [4.78, 5) is 103. The van der Waals surface area contributed by atoms with Crippen molar-refractivity contribution in [2.24, 2.45) is 0 Å². The number of nitrogens with two attached hydrogens (primary N) is 2. The number of hydrogen-bond acceptors (Lipinski definition) is 19. The lowest BCUT2D eigenvalue weighted by Gasteiger charge is -2.36. The van der Waals surface area contributed by atoms with Gasteiger partial charge in [-0.3, -0.25) is 24.1 Å². The zero-order valence-corrected chi connectivity index (χ0v) is 46.0. The number of aliphatic carboxylic acids is 1. The number of amides is 6. The van der Waals surface area contributed by atoms with Crippen molar-refractivity contribution in [2.75, 3.05) is 107 Å². The fourth-order valence-corrected chi connectivity index (χ4v) is 9.82. The highest BCUT2D eigenvalue weighted by Gasteiger charge is 2.53. The lowest BCUT2D eigenvalue weighted by molar-refractivity contribution is -0.139. The Morgan fingerprint density at radius 2 is 1.39 bits per heavy atom. The smallest absolute Gasteiger partial charge is 0.332 e. The van der Waals surface area contributed by atoms with Crippen molar-refractivity contribution in [2.45, 2.75) is 43.9 Å². The molecule has 6 amide bonds. The van der Waals surface area contributed by atoms with Gasteiger partial charge in [0.25, 0.3) is 17.7 Å². The van der Waals surface area contributed by atoms with Gasteiger partial charge in [0.05, 0.1) is 90.2 Å². The molecule has 0 spiro atoms. The van der Waals surface area contributed by atoms with Crippen molar-refractivity contribution >= 4 is 80.8 Å². The number of ether oxygens (including phenoxy) is 5. The van der Waals surface area contributed by atoms with Crippen LogP contribution in [0.4, 0.5) is 27.9 Å². The molecule has 26 nitrogen and oxygen atoms in total. The van der Waals surface area contributed by atoms with E-state index < -0.39 is 36.0 Å². The van der Waals surface area contributed by atoms with E-state index in [4.69, 9.17) is 35.2 Å². The number of fused-ring (bicyclic) bond motifs is 5. The van der Waals surface area contributed by atoms with E-state index in [0.717, 1.165) is 32.7 Å². The highest BCUT2D eigenvalue weighted by Crippen LogP contribution is 2.45. The van der Waals surface area contributed by atoms with Gasteiger partial charge in [0.15, 0.2) is 17.0 Å². The van der Waals surface area contributed by atoms with Crippen LogP contribution >= 0.6 is 0 Å². The van der Waals surface area contributed by atoms with E-state index in [1.165, 1.54) is 0 Å². The molecule has 2 aliphatic heterocycles. The van der Waals surface area contributed by atoms with Gasteiger partial charge in [0, 0.05) is 66.4 Å². The number of carbonyl (C=O) groups excluding carboxylic acids is 5. The number of hydrogen-bond donors (Lipinski definition) is 8. The first-order valence-electron chi connectivity index (χ1n) is 27.2. The van der Waals surface area contributed by atoms with Gasteiger partial charge in [-0.1, -0.05) is 30.3 Å². The second-order valence-corrected chi connectivity index (χ2v) is 19.7. The number of para-hydroxylation sites is 1. The maximum absolute atomic E-state index is 14.2. The van der Waals surface area contributed by atoms with Crippen molar-refractivity contribution < 1.29 is 62.7 Å². The van der Waals surface area contributed by atoms with Crippen LogP contribution in [0.2, 0.25) is 0 Å². The lowest BCUT2D eigenvalue weighted by atomic mass is 9.89. The number of phenolic OH excluding ortho intramolecular Hbond substituents is 1. The summed E-state index contributed by atoms with van der Waals surface area (Å²) in [5, 5.41) is 29.1. The number of nitrogen functional groups attached to an aromatic ring is 2. The van der Waals surface area contributed by atoms with E-state index in [0.29, 0.717) is 87.2 Å². The van der Waals surface area contributed by atoms with E-state index in [2.05, 4.69) is 40.9 Å². The van der Waals surface area contributed by atoms with Crippen LogP contribution in [0, 0.1) is 0 Å². The first-order valence-corrected chi connectivity index (χ1v) is 27.2. The summed E-state index contributed by atoms with van der Waals surface area (Å²) < 4.78 is 27.7. The number of rotatable bonds is 30. The van der Waals surface area contributed by atoms with Crippen LogP contribution in [-0.4, -0.2) is 174 Å². The molecule has 3 atom stereocenters. The summed E-state index contributed by atoms with van der Waals surface area (Å²) in [5.41, 5.74) is 17.8. The normalized spacial score (nSPS) is 15.0. The van der Waals surface area contributed by atoms with Crippen LogP contribution in [0.3, 0.4) is 0 Å². The Morgan fingerprint density at radius 3 is 2.06 bits per heavy atom. The highest BCUT2D eigenvalue weighted by molar-refractivity contribution is 6.22. The van der Waals surface area contributed by atoms with E-state index >= 15 is 0 Å². The number of H-pyrrole nitrogens is 1. The number of nitrogens with one attached hydrogen (secondary N) is 4. The highest BCUT2D eigenvalue weighted by atomic mass is 16.6. The zero-order chi connectivity index (χ0) is 59.1. The van der Waals surface area contributed by atoms with Gasteiger partial charge >= 0.3 is 12.0 Å². The molecule has 0 saturated carbocycles. The number of aromatic hydroxyl groups is 1. The first kappa shape index (κ1) is 59.3. The molecule has 26 heteroatoms. The van der Waals surface area contributed by atoms with Crippen LogP contribution in [0.25, 0.3) is 22.1 Å². The molecule has 440 valence electrons. The second kappa shape index (κ2) is 28.1. The van der Waals surface area contributed by atoms with Crippen LogP contribution in [0.5, 0.6) is 5.75 Å². The molecule has 1 saturated heterocycles.